The van der Waals surface area contributed by atoms with E-state index in [2.05, 4.69) is 20.3 Å². The van der Waals surface area contributed by atoms with Crippen molar-refractivity contribution in [2.24, 2.45) is 0 Å². The highest BCUT2D eigenvalue weighted by atomic mass is 19.1. The van der Waals surface area contributed by atoms with E-state index < -0.39 is 5.82 Å². The zero-order valence-electron chi connectivity index (χ0n) is 14.1. The first-order chi connectivity index (χ1) is 13.2. The fraction of sp³-hybridized carbons (Fsp3) is 0.158. The number of anilines is 1. The van der Waals surface area contributed by atoms with Gasteiger partial charge >= 0.3 is 0 Å². The van der Waals surface area contributed by atoms with E-state index in [0.29, 0.717) is 24.0 Å². The van der Waals surface area contributed by atoms with Crippen LogP contribution >= 0.6 is 0 Å². The van der Waals surface area contributed by atoms with Crippen molar-refractivity contribution in [3.8, 4) is 11.6 Å². The van der Waals surface area contributed by atoms with Gasteiger partial charge in [0.05, 0.1) is 11.2 Å². The third-order valence-corrected chi connectivity index (χ3v) is 4.75. The van der Waals surface area contributed by atoms with Crippen LogP contribution < -0.4 is 4.90 Å². The Labute approximate surface area is 152 Å². The summed E-state index contributed by atoms with van der Waals surface area (Å²) < 4.78 is 19.4. The van der Waals surface area contributed by atoms with Crippen molar-refractivity contribution >= 4 is 22.5 Å². The molecule has 2 aromatic carbocycles. The predicted octanol–water partition coefficient (Wildman–Crippen LogP) is 3.27. The van der Waals surface area contributed by atoms with E-state index in [1.165, 1.54) is 11.0 Å². The molecular weight excluding hydrogens is 349 g/mol. The van der Waals surface area contributed by atoms with Crippen molar-refractivity contribution in [3.05, 3.63) is 60.2 Å². The molecule has 0 saturated carbocycles. The lowest BCUT2D eigenvalue weighted by atomic mass is 10.1. The van der Waals surface area contributed by atoms with Gasteiger partial charge in [-0.15, -0.1) is 0 Å². The van der Waals surface area contributed by atoms with Crippen LogP contribution in [0.4, 0.5) is 10.1 Å². The summed E-state index contributed by atoms with van der Waals surface area (Å²) in [6, 6.07) is 13.9. The van der Waals surface area contributed by atoms with Crippen LogP contribution in [-0.4, -0.2) is 32.8 Å². The Hall–Kier alpha value is -3.55. The molecule has 3 heterocycles. The Morgan fingerprint density at radius 2 is 1.96 bits per heavy atom. The van der Waals surface area contributed by atoms with E-state index in [0.717, 1.165) is 10.9 Å². The summed E-state index contributed by atoms with van der Waals surface area (Å²) >= 11 is 0. The highest BCUT2D eigenvalue weighted by Gasteiger charge is 2.35. The molecule has 1 aliphatic heterocycles. The fourth-order valence-electron chi connectivity index (χ4n) is 3.41. The van der Waals surface area contributed by atoms with Crippen molar-refractivity contribution in [2.75, 3.05) is 11.4 Å². The van der Waals surface area contributed by atoms with E-state index >= 15 is 0 Å². The van der Waals surface area contributed by atoms with Crippen molar-refractivity contribution in [2.45, 2.75) is 12.3 Å². The van der Waals surface area contributed by atoms with Gasteiger partial charge in [0.15, 0.2) is 11.5 Å². The van der Waals surface area contributed by atoms with Crippen molar-refractivity contribution < 1.29 is 13.7 Å². The summed E-state index contributed by atoms with van der Waals surface area (Å²) in [5.41, 5.74) is 1.71. The SMILES string of the molecule is O=C1CC(c2noc(-c3n[nH]c4ccccc34)n2)CN1c1ccccc1F. The van der Waals surface area contributed by atoms with Gasteiger partial charge in [0.2, 0.25) is 5.91 Å². The number of hydrogen-bond donors (Lipinski definition) is 1. The number of aromatic nitrogens is 4. The maximum atomic E-state index is 14.0. The van der Waals surface area contributed by atoms with Gasteiger partial charge in [-0.05, 0) is 18.2 Å². The average Bonchev–Trinajstić information content (AvgIpc) is 3.39. The number of hydrogen-bond acceptors (Lipinski definition) is 5. The maximum Gasteiger partial charge on any atom is 0.279 e. The molecule has 7 nitrogen and oxygen atoms in total. The second-order valence-electron chi connectivity index (χ2n) is 6.43. The zero-order valence-corrected chi connectivity index (χ0v) is 14.1. The standard InChI is InChI=1S/C19H14FN5O2/c20-13-6-2-4-8-15(13)25-10-11(9-16(25)26)18-21-19(27-24-18)17-12-5-1-3-7-14(12)22-23-17/h1-8,11H,9-10H2,(H,22,23). The Bertz CT molecular complexity index is 1150. The molecule has 2 aromatic heterocycles. The van der Waals surface area contributed by atoms with Crippen LogP contribution in [0.2, 0.25) is 0 Å². The molecule has 134 valence electrons. The summed E-state index contributed by atoms with van der Waals surface area (Å²) in [4.78, 5) is 18.2. The highest BCUT2D eigenvalue weighted by molar-refractivity contribution is 5.96. The average molecular weight is 363 g/mol. The van der Waals surface area contributed by atoms with Gasteiger partial charge in [0.25, 0.3) is 5.89 Å². The minimum atomic E-state index is -0.428. The van der Waals surface area contributed by atoms with Crippen LogP contribution in [0.15, 0.2) is 53.1 Å². The molecule has 0 aliphatic carbocycles. The molecule has 1 saturated heterocycles. The number of benzene rings is 2. The van der Waals surface area contributed by atoms with E-state index in [-0.39, 0.29) is 23.9 Å². The minimum absolute atomic E-state index is 0.165. The topological polar surface area (TPSA) is 87.9 Å². The monoisotopic (exact) mass is 363 g/mol. The third-order valence-electron chi connectivity index (χ3n) is 4.75. The molecule has 5 rings (SSSR count). The Kier molecular flexibility index (Phi) is 3.49. The zero-order chi connectivity index (χ0) is 18.4. The normalized spacial score (nSPS) is 17.1. The quantitative estimate of drug-likeness (QED) is 0.603. The lowest BCUT2D eigenvalue weighted by Crippen LogP contribution is -2.25. The largest absolute Gasteiger partial charge is 0.332 e. The van der Waals surface area contributed by atoms with Crippen LogP contribution in [0.3, 0.4) is 0 Å². The molecule has 1 atom stereocenters. The summed E-state index contributed by atoms with van der Waals surface area (Å²) in [6.45, 7) is 0.306. The first-order valence-corrected chi connectivity index (χ1v) is 8.52. The first kappa shape index (κ1) is 15.7. The van der Waals surface area contributed by atoms with Crippen molar-refractivity contribution in [1.82, 2.24) is 20.3 Å². The number of carbonyl (C=O) groups is 1. The molecule has 1 aliphatic rings. The van der Waals surface area contributed by atoms with Gasteiger partial charge in [-0.1, -0.05) is 35.5 Å². The molecule has 27 heavy (non-hydrogen) atoms. The third kappa shape index (κ3) is 2.57. The molecular formula is C19H14FN5O2. The van der Waals surface area contributed by atoms with Crippen LogP contribution in [-0.2, 0) is 4.79 Å². The number of carbonyl (C=O) groups excluding carboxylic acids is 1. The van der Waals surface area contributed by atoms with E-state index in [1.54, 1.807) is 18.2 Å². The number of nitrogens with zero attached hydrogens (tertiary/aromatic N) is 4. The number of nitrogens with one attached hydrogen (secondary N) is 1. The number of aromatic amines is 1. The summed E-state index contributed by atoms with van der Waals surface area (Å²) in [5, 5.41) is 12.1. The van der Waals surface area contributed by atoms with Gasteiger partial charge in [0.1, 0.15) is 5.82 Å². The van der Waals surface area contributed by atoms with Crippen LogP contribution in [0.5, 0.6) is 0 Å². The number of rotatable bonds is 3. The molecule has 4 aromatic rings. The smallest absolute Gasteiger partial charge is 0.279 e. The molecule has 0 bridgehead atoms. The molecule has 8 heteroatoms. The number of halogens is 1. The van der Waals surface area contributed by atoms with Gasteiger partial charge in [-0.25, -0.2) is 4.39 Å². The minimum Gasteiger partial charge on any atom is -0.332 e. The lowest BCUT2D eigenvalue weighted by molar-refractivity contribution is -0.117. The molecule has 1 N–H and O–H groups in total. The predicted molar refractivity (Wildman–Crippen MR) is 95.5 cm³/mol. The van der Waals surface area contributed by atoms with Crippen LogP contribution in [0.1, 0.15) is 18.2 Å². The second kappa shape index (κ2) is 6.01. The van der Waals surface area contributed by atoms with Crippen molar-refractivity contribution in [3.63, 3.8) is 0 Å². The number of para-hydroxylation sites is 2. The van der Waals surface area contributed by atoms with E-state index in [1.807, 2.05) is 24.3 Å². The van der Waals surface area contributed by atoms with Crippen LogP contribution in [0, 0.1) is 5.82 Å². The molecule has 1 unspecified atom stereocenters. The first-order valence-electron chi connectivity index (χ1n) is 8.52. The number of H-pyrrole nitrogens is 1. The number of fused-ring (bicyclic) bond motifs is 1. The van der Waals surface area contributed by atoms with Crippen molar-refractivity contribution in [1.29, 1.82) is 0 Å². The van der Waals surface area contributed by atoms with Gasteiger partial charge in [-0.3, -0.25) is 9.89 Å². The highest BCUT2D eigenvalue weighted by Crippen LogP contribution is 2.33. The number of amides is 1. The Morgan fingerprint density at radius 3 is 2.85 bits per heavy atom. The molecule has 1 amide bonds. The Morgan fingerprint density at radius 1 is 1.15 bits per heavy atom. The maximum absolute atomic E-state index is 14.0. The van der Waals surface area contributed by atoms with E-state index in [9.17, 15) is 9.18 Å². The summed E-state index contributed by atoms with van der Waals surface area (Å²) in [7, 11) is 0. The Balaban J connectivity index is 1.44. The van der Waals surface area contributed by atoms with Gasteiger partial charge in [0, 0.05) is 24.3 Å². The second-order valence-corrected chi connectivity index (χ2v) is 6.43. The molecule has 1 fully saturated rings. The fourth-order valence-corrected chi connectivity index (χ4v) is 3.41. The van der Waals surface area contributed by atoms with Gasteiger partial charge < -0.3 is 9.42 Å². The van der Waals surface area contributed by atoms with Gasteiger partial charge in [-0.2, -0.15) is 10.1 Å². The molecule has 0 spiro atoms. The molecule has 0 radical (unpaired) electrons. The summed E-state index contributed by atoms with van der Waals surface area (Å²) in [5.74, 6) is -0.145. The summed E-state index contributed by atoms with van der Waals surface area (Å²) in [6.07, 6.45) is 0.203. The lowest BCUT2D eigenvalue weighted by Gasteiger charge is -2.16. The van der Waals surface area contributed by atoms with E-state index in [4.69, 9.17) is 4.52 Å². The van der Waals surface area contributed by atoms with Crippen LogP contribution in [0.25, 0.3) is 22.5 Å².